The summed E-state index contributed by atoms with van der Waals surface area (Å²) >= 11 is 0. The summed E-state index contributed by atoms with van der Waals surface area (Å²) in [7, 11) is 0. The molecule has 1 aliphatic carbocycles. The summed E-state index contributed by atoms with van der Waals surface area (Å²) in [6, 6.07) is 0.711. The van der Waals surface area contributed by atoms with Crippen molar-refractivity contribution in [2.24, 2.45) is 17.6 Å². The van der Waals surface area contributed by atoms with Crippen molar-refractivity contribution in [3.63, 3.8) is 0 Å². The Balaban J connectivity index is 1.75. The number of hydrogen-bond acceptors (Lipinski definition) is 3. The molecule has 112 valence electrons. The van der Waals surface area contributed by atoms with Crippen molar-refractivity contribution < 1.29 is 0 Å². The van der Waals surface area contributed by atoms with E-state index < -0.39 is 0 Å². The van der Waals surface area contributed by atoms with Crippen LogP contribution in [0.15, 0.2) is 0 Å². The van der Waals surface area contributed by atoms with Gasteiger partial charge >= 0.3 is 0 Å². The number of likely N-dealkylation sites (tertiary alicyclic amines) is 1. The van der Waals surface area contributed by atoms with E-state index in [1.54, 1.807) is 0 Å². The van der Waals surface area contributed by atoms with Crippen molar-refractivity contribution in [2.45, 2.75) is 57.9 Å². The summed E-state index contributed by atoms with van der Waals surface area (Å²) in [5.74, 6) is 1.86. The molecule has 1 aliphatic heterocycles. The molecule has 2 fully saturated rings. The Hall–Kier alpha value is -0.120. The molecule has 0 amide bonds. The average molecular weight is 267 g/mol. The summed E-state index contributed by atoms with van der Waals surface area (Å²) in [5, 5.41) is 3.84. The van der Waals surface area contributed by atoms with E-state index in [2.05, 4.69) is 17.1 Å². The maximum atomic E-state index is 5.74. The van der Waals surface area contributed by atoms with E-state index >= 15 is 0 Å². The molecule has 0 spiro atoms. The van der Waals surface area contributed by atoms with Gasteiger partial charge < -0.3 is 16.0 Å². The molecular weight excluding hydrogens is 234 g/mol. The fourth-order valence-corrected chi connectivity index (χ4v) is 3.55. The van der Waals surface area contributed by atoms with Crippen LogP contribution in [0, 0.1) is 11.8 Å². The zero-order valence-corrected chi connectivity index (χ0v) is 12.7. The molecule has 0 radical (unpaired) electrons. The minimum absolute atomic E-state index is 0.711. The second-order valence-corrected chi connectivity index (χ2v) is 6.69. The van der Waals surface area contributed by atoms with Gasteiger partial charge in [0.1, 0.15) is 0 Å². The summed E-state index contributed by atoms with van der Waals surface area (Å²) in [6.07, 6.45) is 9.85. The molecule has 1 heterocycles. The molecule has 3 N–H and O–H groups in total. The number of piperidine rings is 1. The van der Waals surface area contributed by atoms with Crippen molar-refractivity contribution in [3.05, 3.63) is 0 Å². The van der Waals surface area contributed by atoms with Crippen LogP contribution in [0.25, 0.3) is 0 Å². The lowest BCUT2D eigenvalue weighted by molar-refractivity contribution is 0.131. The van der Waals surface area contributed by atoms with Gasteiger partial charge in [-0.15, -0.1) is 0 Å². The van der Waals surface area contributed by atoms with E-state index in [1.165, 1.54) is 64.6 Å². The van der Waals surface area contributed by atoms with Gasteiger partial charge in [0.05, 0.1) is 0 Å². The zero-order chi connectivity index (χ0) is 13.5. The van der Waals surface area contributed by atoms with Crippen molar-refractivity contribution >= 4 is 0 Å². The predicted octanol–water partition coefficient (Wildman–Crippen LogP) is 2.22. The molecule has 2 aliphatic rings. The minimum Gasteiger partial charge on any atom is -0.329 e. The summed E-state index contributed by atoms with van der Waals surface area (Å²) in [5.41, 5.74) is 5.74. The number of nitrogens with one attached hydrogen (secondary N) is 1. The Morgan fingerprint density at radius 3 is 2.68 bits per heavy atom. The second-order valence-electron chi connectivity index (χ2n) is 6.69. The van der Waals surface area contributed by atoms with E-state index in [9.17, 15) is 0 Å². The first-order valence-corrected chi connectivity index (χ1v) is 8.47. The summed E-state index contributed by atoms with van der Waals surface area (Å²) in [6.45, 7) is 7.92. The standard InChI is InChI=1S/C16H33N3/c1-2-3-5-15-10-16(13-19(12-15)9-8-17)18-11-14-6-4-7-14/h14-16,18H,2-13,17H2,1H3. The van der Waals surface area contributed by atoms with Crippen LogP contribution >= 0.6 is 0 Å². The molecule has 1 saturated heterocycles. The van der Waals surface area contributed by atoms with Gasteiger partial charge in [-0.25, -0.2) is 0 Å². The Kier molecular flexibility index (Phi) is 6.62. The lowest BCUT2D eigenvalue weighted by Crippen LogP contribution is -2.51. The topological polar surface area (TPSA) is 41.3 Å². The quantitative estimate of drug-likeness (QED) is 0.708. The molecule has 0 aromatic rings. The van der Waals surface area contributed by atoms with Crippen LogP contribution in [0.3, 0.4) is 0 Å². The molecule has 0 aromatic heterocycles. The van der Waals surface area contributed by atoms with Crippen LogP contribution in [0.4, 0.5) is 0 Å². The highest BCUT2D eigenvalue weighted by Gasteiger charge is 2.27. The third-order valence-electron chi connectivity index (χ3n) is 4.94. The molecule has 3 nitrogen and oxygen atoms in total. The fraction of sp³-hybridized carbons (Fsp3) is 1.00. The first-order chi connectivity index (χ1) is 9.31. The lowest BCUT2D eigenvalue weighted by Gasteiger charge is -2.39. The van der Waals surface area contributed by atoms with Gasteiger partial charge in [-0.1, -0.05) is 26.2 Å². The van der Waals surface area contributed by atoms with Gasteiger partial charge in [-0.05, 0) is 44.1 Å². The molecule has 3 heteroatoms. The number of nitrogens with zero attached hydrogens (tertiary/aromatic N) is 1. The van der Waals surface area contributed by atoms with Crippen LogP contribution in [0.5, 0.6) is 0 Å². The minimum atomic E-state index is 0.711. The number of rotatable bonds is 8. The van der Waals surface area contributed by atoms with E-state index in [1.807, 2.05) is 0 Å². The molecular formula is C16H33N3. The van der Waals surface area contributed by atoms with Gasteiger partial charge in [0, 0.05) is 32.2 Å². The van der Waals surface area contributed by atoms with Crippen LogP contribution in [-0.2, 0) is 0 Å². The summed E-state index contributed by atoms with van der Waals surface area (Å²) < 4.78 is 0. The van der Waals surface area contributed by atoms with E-state index in [0.29, 0.717) is 6.04 Å². The third-order valence-corrected chi connectivity index (χ3v) is 4.94. The van der Waals surface area contributed by atoms with Crippen molar-refractivity contribution in [3.8, 4) is 0 Å². The van der Waals surface area contributed by atoms with E-state index in [4.69, 9.17) is 5.73 Å². The van der Waals surface area contributed by atoms with Crippen molar-refractivity contribution in [2.75, 3.05) is 32.7 Å². The normalized spacial score (nSPS) is 29.4. The lowest BCUT2D eigenvalue weighted by atomic mass is 9.84. The zero-order valence-electron chi connectivity index (χ0n) is 12.7. The van der Waals surface area contributed by atoms with Gasteiger partial charge in [0.15, 0.2) is 0 Å². The maximum absolute atomic E-state index is 5.74. The van der Waals surface area contributed by atoms with Crippen LogP contribution in [-0.4, -0.2) is 43.7 Å². The van der Waals surface area contributed by atoms with Gasteiger partial charge in [0.2, 0.25) is 0 Å². The molecule has 2 rings (SSSR count). The Bertz CT molecular complexity index is 240. The van der Waals surface area contributed by atoms with Gasteiger partial charge in [-0.3, -0.25) is 0 Å². The number of nitrogens with two attached hydrogens (primary N) is 1. The average Bonchev–Trinajstić information content (AvgIpc) is 2.35. The molecule has 19 heavy (non-hydrogen) atoms. The first kappa shape index (κ1) is 15.3. The highest BCUT2D eigenvalue weighted by Crippen LogP contribution is 2.26. The highest BCUT2D eigenvalue weighted by molar-refractivity contribution is 4.85. The second kappa shape index (κ2) is 8.23. The SMILES string of the molecule is CCCCC1CC(NCC2CCC2)CN(CCN)C1. The predicted molar refractivity (Wildman–Crippen MR) is 82.3 cm³/mol. The van der Waals surface area contributed by atoms with E-state index in [-0.39, 0.29) is 0 Å². The molecule has 0 aromatic carbocycles. The van der Waals surface area contributed by atoms with Gasteiger partial charge in [-0.2, -0.15) is 0 Å². The number of hydrogen-bond donors (Lipinski definition) is 2. The Labute approximate surface area is 119 Å². The Morgan fingerprint density at radius 2 is 2.05 bits per heavy atom. The van der Waals surface area contributed by atoms with Crippen molar-refractivity contribution in [1.82, 2.24) is 10.2 Å². The molecule has 0 bridgehead atoms. The molecule has 2 unspecified atom stereocenters. The fourth-order valence-electron chi connectivity index (χ4n) is 3.55. The van der Waals surface area contributed by atoms with E-state index in [0.717, 1.165) is 24.9 Å². The highest BCUT2D eigenvalue weighted by atomic mass is 15.2. The largest absolute Gasteiger partial charge is 0.329 e. The third kappa shape index (κ3) is 5.05. The molecule has 1 saturated carbocycles. The Morgan fingerprint density at radius 1 is 1.21 bits per heavy atom. The maximum Gasteiger partial charge on any atom is 0.0198 e. The van der Waals surface area contributed by atoms with Crippen LogP contribution in [0.1, 0.15) is 51.9 Å². The smallest absolute Gasteiger partial charge is 0.0198 e. The monoisotopic (exact) mass is 267 g/mol. The first-order valence-electron chi connectivity index (χ1n) is 8.47. The van der Waals surface area contributed by atoms with Gasteiger partial charge in [0.25, 0.3) is 0 Å². The van der Waals surface area contributed by atoms with Crippen LogP contribution in [0.2, 0.25) is 0 Å². The van der Waals surface area contributed by atoms with Crippen molar-refractivity contribution in [1.29, 1.82) is 0 Å². The summed E-state index contributed by atoms with van der Waals surface area (Å²) in [4.78, 5) is 2.59. The van der Waals surface area contributed by atoms with Crippen LogP contribution < -0.4 is 11.1 Å². The molecule has 2 atom stereocenters. The number of unbranched alkanes of at least 4 members (excludes halogenated alkanes) is 1.